The lowest BCUT2D eigenvalue weighted by molar-refractivity contribution is 0.0806. The molecule has 0 radical (unpaired) electrons. The predicted molar refractivity (Wildman–Crippen MR) is 78.1 cm³/mol. The Bertz CT molecular complexity index is 407. The summed E-state index contributed by atoms with van der Waals surface area (Å²) in [5.74, 6) is -0.193. The van der Waals surface area contributed by atoms with Gasteiger partial charge in [-0.15, -0.1) is 16.9 Å². The maximum absolute atomic E-state index is 12.0. The van der Waals surface area contributed by atoms with E-state index in [0.29, 0.717) is 5.56 Å². The number of nitrogens with zero attached hydrogens (tertiary/aromatic N) is 1. The van der Waals surface area contributed by atoms with Gasteiger partial charge in [-0.2, -0.15) is 0 Å². The minimum atomic E-state index is -0.323. The SMILES string of the molecule is Cc1cc(C)cc(C(=O)NN(Cl)C(C)(C)C)c1.Cl. The van der Waals surface area contributed by atoms with Crippen molar-refractivity contribution in [2.45, 2.75) is 40.2 Å². The summed E-state index contributed by atoms with van der Waals surface area (Å²) in [6.07, 6.45) is 0. The highest BCUT2D eigenvalue weighted by Gasteiger charge is 2.21. The fraction of sp³-hybridized carbons (Fsp3) is 0.462. The molecule has 3 nitrogen and oxygen atoms in total. The summed E-state index contributed by atoms with van der Waals surface area (Å²) in [7, 11) is 0. The Kier molecular flexibility index (Phi) is 6.14. The van der Waals surface area contributed by atoms with Gasteiger partial charge < -0.3 is 0 Å². The molecule has 102 valence electrons. The van der Waals surface area contributed by atoms with Gasteiger partial charge in [-0.1, -0.05) is 17.2 Å². The molecule has 0 saturated carbocycles. The summed E-state index contributed by atoms with van der Waals surface area (Å²) >= 11 is 5.98. The molecule has 0 aromatic heterocycles. The lowest BCUT2D eigenvalue weighted by Crippen LogP contribution is -2.46. The van der Waals surface area contributed by atoms with Crippen LogP contribution >= 0.6 is 24.2 Å². The van der Waals surface area contributed by atoms with Gasteiger partial charge in [-0.3, -0.25) is 10.2 Å². The third kappa shape index (κ3) is 4.84. The van der Waals surface area contributed by atoms with Crippen molar-refractivity contribution >= 4 is 30.1 Å². The zero-order valence-electron chi connectivity index (χ0n) is 11.4. The van der Waals surface area contributed by atoms with Gasteiger partial charge in [0.2, 0.25) is 0 Å². The number of benzene rings is 1. The Labute approximate surface area is 120 Å². The number of carbonyl (C=O) groups excluding carboxylic acids is 1. The second-order valence-electron chi connectivity index (χ2n) is 5.27. The molecule has 5 heteroatoms. The highest BCUT2D eigenvalue weighted by molar-refractivity contribution is 6.14. The highest BCUT2D eigenvalue weighted by Crippen LogP contribution is 2.14. The van der Waals surface area contributed by atoms with Crippen LogP contribution in [0.3, 0.4) is 0 Å². The third-order valence-corrected chi connectivity index (χ3v) is 2.86. The first-order chi connectivity index (χ1) is 7.70. The molecular weight excluding hydrogens is 271 g/mol. The van der Waals surface area contributed by atoms with Crippen LogP contribution in [0.4, 0.5) is 0 Å². The number of hydrogen-bond donors (Lipinski definition) is 1. The van der Waals surface area contributed by atoms with E-state index in [4.69, 9.17) is 11.8 Å². The fourth-order valence-electron chi connectivity index (χ4n) is 1.43. The molecular formula is C13H20Cl2N2O. The number of rotatable bonds is 2. The molecule has 1 aromatic carbocycles. The summed E-state index contributed by atoms with van der Waals surface area (Å²) in [4.78, 5) is 12.0. The minimum Gasteiger partial charge on any atom is -0.270 e. The predicted octanol–water partition coefficient (Wildman–Crippen LogP) is 3.62. The van der Waals surface area contributed by atoms with E-state index in [1.54, 1.807) is 0 Å². The topological polar surface area (TPSA) is 32.3 Å². The zero-order valence-corrected chi connectivity index (χ0v) is 12.9. The van der Waals surface area contributed by atoms with Gasteiger partial charge in [0.1, 0.15) is 0 Å². The monoisotopic (exact) mass is 290 g/mol. The van der Waals surface area contributed by atoms with E-state index in [-0.39, 0.29) is 23.9 Å². The van der Waals surface area contributed by atoms with Crippen LogP contribution in [0.1, 0.15) is 42.3 Å². The van der Waals surface area contributed by atoms with Crippen molar-refractivity contribution in [3.05, 3.63) is 34.9 Å². The molecule has 1 rings (SSSR count). The van der Waals surface area contributed by atoms with Crippen molar-refractivity contribution in [2.75, 3.05) is 0 Å². The number of nitrogens with one attached hydrogen (secondary N) is 1. The van der Waals surface area contributed by atoms with E-state index >= 15 is 0 Å². The van der Waals surface area contributed by atoms with Gasteiger partial charge in [0, 0.05) is 22.9 Å². The van der Waals surface area contributed by atoms with Gasteiger partial charge in [0.25, 0.3) is 5.91 Å². The van der Waals surface area contributed by atoms with Crippen LogP contribution in [0.25, 0.3) is 0 Å². The second-order valence-corrected chi connectivity index (χ2v) is 5.61. The Morgan fingerprint density at radius 2 is 1.61 bits per heavy atom. The standard InChI is InChI=1S/C13H19ClN2O.ClH/c1-9-6-10(2)8-11(7-9)12(17)15-16(14)13(3,4)5;/h6-8H,1-5H3,(H,15,17);1H. The number of hydrogen-bond acceptors (Lipinski definition) is 2. The number of hydrazine groups is 1. The zero-order chi connectivity index (χ0) is 13.2. The molecule has 0 heterocycles. The summed E-state index contributed by atoms with van der Waals surface area (Å²) in [5.41, 5.74) is 5.07. The lowest BCUT2D eigenvalue weighted by Gasteiger charge is -2.28. The van der Waals surface area contributed by atoms with E-state index in [1.807, 2.05) is 52.8 Å². The number of halogens is 2. The van der Waals surface area contributed by atoms with Crippen molar-refractivity contribution in [1.82, 2.24) is 9.95 Å². The summed E-state index contributed by atoms with van der Waals surface area (Å²) in [6.45, 7) is 9.68. The molecule has 0 spiro atoms. The Balaban J connectivity index is 0.00000289. The Hall–Kier alpha value is -0.770. The first kappa shape index (κ1) is 17.2. The van der Waals surface area contributed by atoms with Gasteiger partial charge in [0.05, 0.1) is 0 Å². The first-order valence-corrected chi connectivity index (χ1v) is 5.89. The maximum atomic E-state index is 12.0. The molecule has 1 amide bonds. The Morgan fingerprint density at radius 1 is 1.17 bits per heavy atom. The third-order valence-electron chi connectivity index (χ3n) is 2.27. The molecule has 0 aliphatic rings. The molecule has 0 atom stereocenters. The smallest absolute Gasteiger partial charge is 0.266 e. The molecule has 0 saturated heterocycles. The molecule has 1 N–H and O–H groups in total. The van der Waals surface area contributed by atoms with E-state index in [1.165, 1.54) is 4.53 Å². The van der Waals surface area contributed by atoms with E-state index in [0.717, 1.165) is 11.1 Å². The van der Waals surface area contributed by atoms with Crippen molar-refractivity contribution in [3.8, 4) is 0 Å². The van der Waals surface area contributed by atoms with Gasteiger partial charge in [-0.25, -0.2) is 0 Å². The van der Waals surface area contributed by atoms with Crippen molar-refractivity contribution in [3.63, 3.8) is 0 Å². The molecule has 0 aliphatic carbocycles. The van der Waals surface area contributed by atoms with E-state index < -0.39 is 0 Å². The fourth-order valence-corrected chi connectivity index (χ4v) is 1.50. The van der Waals surface area contributed by atoms with Crippen LogP contribution in [-0.4, -0.2) is 16.0 Å². The minimum absolute atomic E-state index is 0. The van der Waals surface area contributed by atoms with Crippen molar-refractivity contribution in [2.24, 2.45) is 0 Å². The van der Waals surface area contributed by atoms with Crippen LogP contribution in [0, 0.1) is 13.8 Å². The van der Waals surface area contributed by atoms with E-state index in [2.05, 4.69) is 5.43 Å². The molecule has 0 aliphatic heterocycles. The highest BCUT2D eigenvalue weighted by atomic mass is 35.5. The average molecular weight is 291 g/mol. The normalized spacial score (nSPS) is 11.1. The van der Waals surface area contributed by atoms with Crippen LogP contribution < -0.4 is 5.43 Å². The van der Waals surface area contributed by atoms with Gasteiger partial charge in [-0.05, 0) is 46.8 Å². The molecule has 0 bridgehead atoms. The second kappa shape index (κ2) is 6.41. The van der Waals surface area contributed by atoms with E-state index in [9.17, 15) is 4.79 Å². The van der Waals surface area contributed by atoms with Crippen molar-refractivity contribution in [1.29, 1.82) is 0 Å². The van der Waals surface area contributed by atoms with Crippen molar-refractivity contribution < 1.29 is 4.79 Å². The molecule has 0 unspecified atom stereocenters. The summed E-state index contributed by atoms with van der Waals surface area (Å²) in [6, 6.07) is 5.71. The largest absolute Gasteiger partial charge is 0.270 e. The number of amides is 1. The number of carbonyl (C=O) groups is 1. The van der Waals surface area contributed by atoms with Crippen LogP contribution in [0.15, 0.2) is 18.2 Å². The molecule has 0 fully saturated rings. The average Bonchev–Trinajstić information content (AvgIpc) is 2.14. The van der Waals surface area contributed by atoms with Crippen LogP contribution in [0.2, 0.25) is 0 Å². The quantitative estimate of drug-likeness (QED) is 0.666. The van der Waals surface area contributed by atoms with Crippen LogP contribution in [0.5, 0.6) is 0 Å². The first-order valence-electron chi connectivity index (χ1n) is 5.55. The molecule has 18 heavy (non-hydrogen) atoms. The van der Waals surface area contributed by atoms with Gasteiger partial charge in [0.15, 0.2) is 0 Å². The summed E-state index contributed by atoms with van der Waals surface area (Å²) < 4.78 is 1.30. The summed E-state index contributed by atoms with van der Waals surface area (Å²) in [5, 5.41) is 0. The number of aryl methyl sites for hydroxylation is 2. The Morgan fingerprint density at radius 3 is 2.00 bits per heavy atom. The lowest BCUT2D eigenvalue weighted by atomic mass is 10.1. The maximum Gasteiger partial charge on any atom is 0.266 e. The van der Waals surface area contributed by atoms with Gasteiger partial charge >= 0.3 is 0 Å². The molecule has 1 aromatic rings. The van der Waals surface area contributed by atoms with Crippen LogP contribution in [-0.2, 0) is 0 Å².